The third-order valence-electron chi connectivity index (χ3n) is 4.31. The van der Waals surface area contributed by atoms with Crippen molar-refractivity contribution < 1.29 is 24.2 Å². The third kappa shape index (κ3) is 4.21. The molecule has 136 valence electrons. The van der Waals surface area contributed by atoms with Gasteiger partial charge < -0.3 is 19.9 Å². The van der Waals surface area contributed by atoms with E-state index < -0.39 is 18.2 Å². The number of para-hydroxylation sites is 2. The zero-order valence-electron chi connectivity index (χ0n) is 14.4. The smallest absolute Gasteiger partial charge is 0.332 e. The van der Waals surface area contributed by atoms with E-state index in [0.29, 0.717) is 24.3 Å². The first-order chi connectivity index (χ1) is 12.5. The molecule has 1 fully saturated rings. The number of carboxylic acid groups (broad SMARTS) is 1. The number of nitrogens with one attached hydrogen (secondary N) is 1. The second-order valence-corrected chi connectivity index (χ2v) is 6.19. The largest absolute Gasteiger partial charge is 0.484 e. The lowest BCUT2D eigenvalue weighted by molar-refractivity contribution is -0.150. The predicted octanol–water partition coefficient (Wildman–Crippen LogP) is 3.40. The van der Waals surface area contributed by atoms with E-state index in [1.54, 1.807) is 18.2 Å². The van der Waals surface area contributed by atoms with Crippen molar-refractivity contribution in [1.29, 1.82) is 0 Å². The van der Waals surface area contributed by atoms with Gasteiger partial charge in [-0.2, -0.15) is 0 Å². The molecule has 1 unspecified atom stereocenters. The third-order valence-corrected chi connectivity index (χ3v) is 4.31. The molecule has 0 spiro atoms. The van der Waals surface area contributed by atoms with Gasteiger partial charge in [0.05, 0.1) is 5.69 Å². The minimum absolute atomic E-state index is 0.187. The van der Waals surface area contributed by atoms with Crippen LogP contribution in [0.2, 0.25) is 0 Å². The highest BCUT2D eigenvalue weighted by Crippen LogP contribution is 2.30. The molecule has 0 radical (unpaired) electrons. The van der Waals surface area contributed by atoms with Gasteiger partial charge in [0.25, 0.3) is 5.91 Å². The number of anilines is 1. The lowest BCUT2D eigenvalue weighted by Gasteiger charge is -2.19. The van der Waals surface area contributed by atoms with Crippen molar-refractivity contribution in [3.63, 3.8) is 0 Å². The summed E-state index contributed by atoms with van der Waals surface area (Å²) in [7, 11) is 0. The van der Waals surface area contributed by atoms with Crippen molar-refractivity contribution >= 4 is 17.6 Å². The van der Waals surface area contributed by atoms with Crippen molar-refractivity contribution in [2.75, 3.05) is 5.32 Å². The topological polar surface area (TPSA) is 84.9 Å². The Balaban J connectivity index is 1.67. The number of hydrogen-bond acceptors (Lipinski definition) is 4. The standard InChI is InChI=1S/C20H21NO5/c1-13(14-7-3-2-4-8-14)25-16-10-6-5-9-15(16)21-19(22)17-11-12-18(26-17)20(23)24/h2-10,13,17-18H,11-12H2,1H3,(H,21,22)(H,23,24)/t13?,17-,18+/m0/s1. The molecule has 3 atom stereocenters. The van der Waals surface area contributed by atoms with Crippen molar-refractivity contribution in [3.8, 4) is 5.75 Å². The van der Waals surface area contributed by atoms with Gasteiger partial charge in [-0.1, -0.05) is 42.5 Å². The van der Waals surface area contributed by atoms with E-state index in [-0.39, 0.29) is 12.0 Å². The van der Waals surface area contributed by atoms with Crippen LogP contribution in [-0.4, -0.2) is 29.2 Å². The van der Waals surface area contributed by atoms with Gasteiger partial charge in [-0.25, -0.2) is 4.79 Å². The summed E-state index contributed by atoms with van der Waals surface area (Å²) in [5.41, 5.74) is 1.56. The summed E-state index contributed by atoms with van der Waals surface area (Å²) in [6.07, 6.45) is -1.16. The molecular weight excluding hydrogens is 334 g/mol. The van der Waals surface area contributed by atoms with Crippen LogP contribution < -0.4 is 10.1 Å². The van der Waals surface area contributed by atoms with Crippen LogP contribution in [0.3, 0.4) is 0 Å². The lowest BCUT2D eigenvalue weighted by Crippen LogP contribution is -2.30. The first-order valence-corrected chi connectivity index (χ1v) is 8.54. The molecule has 0 bridgehead atoms. The van der Waals surface area contributed by atoms with Crippen molar-refractivity contribution in [2.24, 2.45) is 0 Å². The van der Waals surface area contributed by atoms with Crippen LogP contribution in [-0.2, 0) is 14.3 Å². The zero-order valence-corrected chi connectivity index (χ0v) is 14.4. The van der Waals surface area contributed by atoms with Gasteiger partial charge in [0.1, 0.15) is 18.0 Å². The number of amides is 1. The number of aliphatic carboxylic acids is 1. The predicted molar refractivity (Wildman–Crippen MR) is 96.1 cm³/mol. The highest BCUT2D eigenvalue weighted by molar-refractivity contribution is 5.96. The van der Waals surface area contributed by atoms with Crippen LogP contribution in [0.4, 0.5) is 5.69 Å². The number of ether oxygens (including phenoxy) is 2. The van der Waals surface area contributed by atoms with Crippen molar-refractivity contribution in [2.45, 2.75) is 38.1 Å². The Bertz CT molecular complexity index is 777. The first kappa shape index (κ1) is 17.9. The van der Waals surface area contributed by atoms with Crippen LogP contribution in [0.25, 0.3) is 0 Å². The molecule has 6 nitrogen and oxygen atoms in total. The van der Waals surface area contributed by atoms with Gasteiger partial charge in [-0.3, -0.25) is 4.79 Å². The molecule has 0 aromatic heterocycles. The normalized spacial score (nSPS) is 20.3. The summed E-state index contributed by atoms with van der Waals surface area (Å²) in [5.74, 6) is -0.858. The number of hydrogen-bond donors (Lipinski definition) is 2. The highest BCUT2D eigenvalue weighted by Gasteiger charge is 2.35. The van der Waals surface area contributed by atoms with Gasteiger partial charge in [0.2, 0.25) is 0 Å². The molecular formula is C20H21NO5. The second-order valence-electron chi connectivity index (χ2n) is 6.19. The fraction of sp³-hybridized carbons (Fsp3) is 0.300. The number of carbonyl (C=O) groups excluding carboxylic acids is 1. The molecule has 0 aliphatic carbocycles. The molecule has 2 N–H and O–H groups in total. The number of rotatable bonds is 6. The fourth-order valence-corrected chi connectivity index (χ4v) is 2.88. The summed E-state index contributed by atoms with van der Waals surface area (Å²) in [6, 6.07) is 16.9. The van der Waals surface area contributed by atoms with Gasteiger partial charge in [0, 0.05) is 0 Å². The second kappa shape index (κ2) is 8.01. The Morgan fingerprint density at radius 2 is 1.73 bits per heavy atom. The van der Waals surface area contributed by atoms with Crippen molar-refractivity contribution in [1.82, 2.24) is 0 Å². The number of carbonyl (C=O) groups is 2. The lowest BCUT2D eigenvalue weighted by atomic mass is 10.1. The SMILES string of the molecule is CC(Oc1ccccc1NC(=O)[C@@H]1CC[C@H](C(=O)O)O1)c1ccccc1. The maximum absolute atomic E-state index is 12.4. The van der Waals surface area contributed by atoms with E-state index in [1.165, 1.54) is 0 Å². The minimum Gasteiger partial charge on any atom is -0.484 e. The van der Waals surface area contributed by atoms with Gasteiger partial charge in [-0.15, -0.1) is 0 Å². The van der Waals surface area contributed by atoms with Crippen LogP contribution in [0.5, 0.6) is 5.75 Å². The van der Waals surface area contributed by atoms with E-state index in [0.717, 1.165) is 5.56 Å². The molecule has 1 aliphatic rings. The molecule has 3 rings (SSSR count). The molecule has 2 aromatic rings. The van der Waals surface area contributed by atoms with Crippen LogP contribution in [0.15, 0.2) is 54.6 Å². The molecule has 0 saturated carbocycles. The average molecular weight is 355 g/mol. The molecule has 1 heterocycles. The Hall–Kier alpha value is -2.86. The minimum atomic E-state index is -1.04. The molecule has 1 aliphatic heterocycles. The molecule has 1 amide bonds. The Morgan fingerprint density at radius 1 is 1.08 bits per heavy atom. The van der Waals surface area contributed by atoms with E-state index >= 15 is 0 Å². The molecule has 6 heteroatoms. The highest BCUT2D eigenvalue weighted by atomic mass is 16.5. The maximum Gasteiger partial charge on any atom is 0.332 e. The first-order valence-electron chi connectivity index (χ1n) is 8.54. The summed E-state index contributed by atoms with van der Waals surface area (Å²) in [6.45, 7) is 1.94. The summed E-state index contributed by atoms with van der Waals surface area (Å²) >= 11 is 0. The van der Waals surface area contributed by atoms with E-state index in [1.807, 2.05) is 43.3 Å². The monoisotopic (exact) mass is 355 g/mol. The summed E-state index contributed by atoms with van der Waals surface area (Å²) in [5, 5.41) is 11.8. The summed E-state index contributed by atoms with van der Waals surface area (Å²) in [4.78, 5) is 23.4. The van der Waals surface area contributed by atoms with Crippen LogP contribution >= 0.6 is 0 Å². The van der Waals surface area contributed by atoms with E-state index in [4.69, 9.17) is 14.6 Å². The van der Waals surface area contributed by atoms with Gasteiger partial charge >= 0.3 is 5.97 Å². The Labute approximate surface area is 151 Å². The van der Waals surface area contributed by atoms with Crippen molar-refractivity contribution in [3.05, 3.63) is 60.2 Å². The summed E-state index contributed by atoms with van der Waals surface area (Å²) < 4.78 is 11.3. The Kier molecular flexibility index (Phi) is 5.53. The quantitative estimate of drug-likeness (QED) is 0.830. The average Bonchev–Trinajstić information content (AvgIpc) is 3.15. The van der Waals surface area contributed by atoms with Crippen LogP contribution in [0.1, 0.15) is 31.4 Å². The van der Waals surface area contributed by atoms with E-state index in [9.17, 15) is 9.59 Å². The maximum atomic E-state index is 12.4. The Morgan fingerprint density at radius 3 is 2.42 bits per heavy atom. The molecule has 26 heavy (non-hydrogen) atoms. The number of benzene rings is 2. The van der Waals surface area contributed by atoms with Crippen LogP contribution in [0, 0.1) is 0 Å². The zero-order chi connectivity index (χ0) is 18.5. The molecule has 1 saturated heterocycles. The molecule has 2 aromatic carbocycles. The van der Waals surface area contributed by atoms with Gasteiger partial charge in [0.15, 0.2) is 6.10 Å². The van der Waals surface area contributed by atoms with Gasteiger partial charge in [-0.05, 0) is 37.5 Å². The van der Waals surface area contributed by atoms with E-state index in [2.05, 4.69) is 5.32 Å². The fourth-order valence-electron chi connectivity index (χ4n) is 2.88. The number of carboxylic acids is 1.